The molecule has 112 valence electrons. The van der Waals surface area contributed by atoms with Gasteiger partial charge in [-0.1, -0.05) is 11.6 Å². The molecule has 0 fully saturated rings. The Bertz CT molecular complexity index is 717. The van der Waals surface area contributed by atoms with Crippen molar-refractivity contribution < 1.29 is 19.1 Å². The molecule has 8 heteroatoms. The Morgan fingerprint density at radius 1 is 1.48 bits per heavy atom. The van der Waals surface area contributed by atoms with Gasteiger partial charge in [-0.3, -0.25) is 9.48 Å². The van der Waals surface area contributed by atoms with Gasteiger partial charge in [0.1, 0.15) is 17.1 Å². The number of carbonyl (C=O) groups excluding carboxylic acids is 1. The molecule has 0 bridgehead atoms. The fourth-order valence-corrected chi connectivity index (χ4v) is 2.07. The number of carbonyl (C=O) groups is 2. The number of hydrogen-bond donors (Lipinski definition) is 2. The van der Waals surface area contributed by atoms with E-state index in [9.17, 15) is 9.59 Å². The number of carboxylic acids is 1. The van der Waals surface area contributed by atoms with Gasteiger partial charge in [0, 0.05) is 7.05 Å². The largest absolute Gasteiger partial charge is 0.478 e. The molecule has 0 aliphatic rings. The van der Waals surface area contributed by atoms with Crippen LogP contribution in [-0.2, 0) is 13.6 Å². The lowest BCUT2D eigenvalue weighted by atomic mass is 10.2. The third kappa shape index (κ3) is 2.92. The van der Waals surface area contributed by atoms with Crippen molar-refractivity contribution in [2.75, 3.05) is 0 Å². The van der Waals surface area contributed by atoms with Crippen LogP contribution < -0.4 is 5.32 Å². The number of halogens is 1. The van der Waals surface area contributed by atoms with Crippen molar-refractivity contribution in [3.8, 4) is 0 Å². The van der Waals surface area contributed by atoms with Gasteiger partial charge >= 0.3 is 5.97 Å². The zero-order valence-corrected chi connectivity index (χ0v) is 12.5. The molecule has 0 aliphatic carbocycles. The molecule has 2 aromatic rings. The van der Waals surface area contributed by atoms with Crippen LogP contribution in [0, 0.1) is 13.8 Å². The topological polar surface area (TPSA) is 97.4 Å². The molecular formula is C13H14ClN3O4. The van der Waals surface area contributed by atoms with Gasteiger partial charge in [0.2, 0.25) is 0 Å². The first kappa shape index (κ1) is 15.1. The maximum absolute atomic E-state index is 12.0. The van der Waals surface area contributed by atoms with Gasteiger partial charge in [0.25, 0.3) is 5.91 Å². The Labute approximate surface area is 125 Å². The smallest absolute Gasteiger partial charge is 0.339 e. The minimum absolute atomic E-state index is 0.0545. The highest BCUT2D eigenvalue weighted by atomic mass is 35.5. The van der Waals surface area contributed by atoms with Crippen LogP contribution in [0.25, 0.3) is 0 Å². The Morgan fingerprint density at radius 2 is 2.14 bits per heavy atom. The quantitative estimate of drug-likeness (QED) is 0.899. The SMILES string of the molecule is Cc1oc(CNC(=O)c2nn(C)c(C)c2Cl)cc1C(=O)O. The summed E-state index contributed by atoms with van der Waals surface area (Å²) in [4.78, 5) is 22.9. The summed E-state index contributed by atoms with van der Waals surface area (Å²) in [5, 5.41) is 15.8. The standard InChI is InChI=1S/C13H14ClN3O4/c1-6-10(14)11(16-17(6)3)12(18)15-5-8-4-9(13(19)20)7(2)21-8/h4H,5H2,1-3H3,(H,15,18)(H,19,20). The molecule has 21 heavy (non-hydrogen) atoms. The summed E-state index contributed by atoms with van der Waals surface area (Å²) in [5.41, 5.74) is 0.883. The molecule has 0 unspecified atom stereocenters. The Morgan fingerprint density at radius 3 is 2.62 bits per heavy atom. The van der Waals surface area contributed by atoms with Gasteiger partial charge in [0.15, 0.2) is 5.69 Å². The lowest BCUT2D eigenvalue weighted by Crippen LogP contribution is -2.23. The predicted octanol–water partition coefficient (Wildman–Crippen LogP) is 1.91. The van der Waals surface area contributed by atoms with Crippen molar-refractivity contribution in [3.63, 3.8) is 0 Å². The molecule has 2 heterocycles. The summed E-state index contributed by atoms with van der Waals surface area (Å²) in [6.45, 7) is 3.35. The summed E-state index contributed by atoms with van der Waals surface area (Å²) in [6.07, 6.45) is 0. The summed E-state index contributed by atoms with van der Waals surface area (Å²) < 4.78 is 6.78. The van der Waals surface area contributed by atoms with Crippen LogP contribution in [0.15, 0.2) is 10.5 Å². The van der Waals surface area contributed by atoms with Crippen molar-refractivity contribution in [1.29, 1.82) is 0 Å². The number of hydrogen-bond acceptors (Lipinski definition) is 4. The normalized spacial score (nSPS) is 10.7. The van der Waals surface area contributed by atoms with E-state index in [1.165, 1.54) is 10.7 Å². The van der Waals surface area contributed by atoms with Crippen molar-refractivity contribution in [3.05, 3.63) is 39.6 Å². The second-order valence-corrected chi connectivity index (χ2v) is 4.92. The highest BCUT2D eigenvalue weighted by Crippen LogP contribution is 2.19. The molecule has 0 radical (unpaired) electrons. The van der Waals surface area contributed by atoms with Crippen LogP contribution in [0.5, 0.6) is 0 Å². The number of furan rings is 1. The summed E-state index contributed by atoms with van der Waals surface area (Å²) >= 11 is 6.02. The van der Waals surface area contributed by atoms with Crippen molar-refractivity contribution in [2.45, 2.75) is 20.4 Å². The molecule has 0 spiro atoms. The summed E-state index contributed by atoms with van der Waals surface area (Å²) in [7, 11) is 1.69. The number of aromatic nitrogens is 2. The van der Waals surface area contributed by atoms with E-state index >= 15 is 0 Å². The van der Waals surface area contributed by atoms with Gasteiger partial charge in [0.05, 0.1) is 17.3 Å². The van der Waals surface area contributed by atoms with E-state index < -0.39 is 11.9 Å². The molecule has 2 rings (SSSR count). The minimum Gasteiger partial charge on any atom is -0.478 e. The van der Waals surface area contributed by atoms with E-state index in [-0.39, 0.29) is 22.8 Å². The number of nitrogens with one attached hydrogen (secondary N) is 1. The van der Waals surface area contributed by atoms with Gasteiger partial charge in [-0.25, -0.2) is 4.79 Å². The number of amides is 1. The molecule has 2 aromatic heterocycles. The lowest BCUT2D eigenvalue weighted by Gasteiger charge is -2.00. The maximum Gasteiger partial charge on any atom is 0.339 e. The second-order valence-electron chi connectivity index (χ2n) is 4.54. The number of aromatic carboxylic acids is 1. The molecule has 0 saturated carbocycles. The number of rotatable bonds is 4. The first-order valence-corrected chi connectivity index (χ1v) is 6.49. The van der Waals surface area contributed by atoms with E-state index in [1.807, 2.05) is 0 Å². The Kier molecular flexibility index (Phi) is 4.04. The third-order valence-electron chi connectivity index (χ3n) is 3.10. The molecule has 2 N–H and O–H groups in total. The van der Waals surface area contributed by atoms with E-state index in [1.54, 1.807) is 20.9 Å². The minimum atomic E-state index is -1.07. The molecule has 7 nitrogen and oxygen atoms in total. The summed E-state index contributed by atoms with van der Waals surface area (Å²) in [5.74, 6) is -0.882. The number of nitrogens with zero attached hydrogens (tertiary/aromatic N) is 2. The first-order valence-electron chi connectivity index (χ1n) is 6.11. The maximum atomic E-state index is 12.0. The Hall–Kier alpha value is -2.28. The highest BCUT2D eigenvalue weighted by molar-refractivity contribution is 6.34. The van der Waals surface area contributed by atoms with Crippen LogP contribution in [0.3, 0.4) is 0 Å². The van der Waals surface area contributed by atoms with Gasteiger partial charge < -0.3 is 14.8 Å². The predicted molar refractivity (Wildman–Crippen MR) is 74.5 cm³/mol. The van der Waals surface area contributed by atoms with Crippen LogP contribution in [0.4, 0.5) is 0 Å². The number of aryl methyl sites for hydroxylation is 2. The van der Waals surface area contributed by atoms with Crippen molar-refractivity contribution >= 4 is 23.5 Å². The summed E-state index contributed by atoms with van der Waals surface area (Å²) in [6, 6.07) is 1.38. The van der Waals surface area contributed by atoms with E-state index in [0.29, 0.717) is 17.2 Å². The van der Waals surface area contributed by atoms with Crippen LogP contribution >= 0.6 is 11.6 Å². The molecule has 0 aromatic carbocycles. The van der Waals surface area contributed by atoms with E-state index in [0.717, 1.165) is 0 Å². The second kappa shape index (κ2) is 5.61. The van der Waals surface area contributed by atoms with Crippen LogP contribution in [0.1, 0.15) is 38.1 Å². The average molecular weight is 312 g/mol. The molecule has 0 aliphatic heterocycles. The molecule has 1 amide bonds. The van der Waals surface area contributed by atoms with Crippen molar-refractivity contribution in [1.82, 2.24) is 15.1 Å². The van der Waals surface area contributed by atoms with Crippen LogP contribution in [-0.4, -0.2) is 26.8 Å². The van der Waals surface area contributed by atoms with E-state index in [2.05, 4.69) is 10.4 Å². The molecular weight excluding hydrogens is 298 g/mol. The highest BCUT2D eigenvalue weighted by Gasteiger charge is 2.19. The lowest BCUT2D eigenvalue weighted by molar-refractivity contribution is 0.0694. The van der Waals surface area contributed by atoms with Crippen molar-refractivity contribution in [2.24, 2.45) is 7.05 Å². The zero-order valence-electron chi connectivity index (χ0n) is 11.7. The van der Waals surface area contributed by atoms with E-state index in [4.69, 9.17) is 21.1 Å². The molecule has 0 atom stereocenters. The van der Waals surface area contributed by atoms with Gasteiger partial charge in [-0.05, 0) is 19.9 Å². The van der Waals surface area contributed by atoms with Crippen LogP contribution in [0.2, 0.25) is 5.02 Å². The molecule has 0 saturated heterocycles. The average Bonchev–Trinajstić information content (AvgIpc) is 2.92. The number of carboxylic acid groups (broad SMARTS) is 1. The zero-order chi connectivity index (χ0) is 15.7. The monoisotopic (exact) mass is 311 g/mol. The first-order chi connectivity index (χ1) is 9.81. The van der Waals surface area contributed by atoms with Gasteiger partial charge in [-0.15, -0.1) is 0 Å². The fourth-order valence-electron chi connectivity index (χ4n) is 1.82. The Balaban J connectivity index is 2.09. The fraction of sp³-hybridized carbons (Fsp3) is 0.308. The third-order valence-corrected chi connectivity index (χ3v) is 3.55. The van der Waals surface area contributed by atoms with Gasteiger partial charge in [-0.2, -0.15) is 5.10 Å².